The summed E-state index contributed by atoms with van der Waals surface area (Å²) in [6, 6.07) is 4.05. The van der Waals surface area contributed by atoms with Crippen molar-refractivity contribution in [3.8, 4) is 0 Å². The number of rotatable bonds is 6. The fourth-order valence-electron chi connectivity index (χ4n) is 1.61. The zero-order chi connectivity index (χ0) is 15.1. The van der Waals surface area contributed by atoms with Crippen LogP contribution in [-0.2, 0) is 4.74 Å². The van der Waals surface area contributed by atoms with Crippen molar-refractivity contribution in [2.24, 2.45) is 0 Å². The number of carbonyl (C=O) groups is 2. The summed E-state index contributed by atoms with van der Waals surface area (Å²) < 4.78 is 5.61. The normalized spacial score (nSPS) is 11.8. The van der Waals surface area contributed by atoms with Gasteiger partial charge in [-0.1, -0.05) is 22.9 Å². The summed E-state index contributed by atoms with van der Waals surface area (Å²) in [7, 11) is 1.56. The minimum Gasteiger partial charge on any atom is -0.478 e. The van der Waals surface area contributed by atoms with Gasteiger partial charge in [0.2, 0.25) is 0 Å². The molecule has 7 heteroatoms. The summed E-state index contributed by atoms with van der Waals surface area (Å²) in [5.41, 5.74) is 0.264. The molecule has 1 aromatic carbocycles. The number of methoxy groups -OCH3 is 1. The smallest absolute Gasteiger partial charge is 0.337 e. The molecule has 0 heterocycles. The number of aromatic carboxylic acids is 1. The van der Waals surface area contributed by atoms with Crippen molar-refractivity contribution in [3.63, 3.8) is 0 Å². The second-order valence-electron chi connectivity index (χ2n) is 4.15. The van der Waals surface area contributed by atoms with Crippen LogP contribution in [0.3, 0.4) is 0 Å². The van der Waals surface area contributed by atoms with Gasteiger partial charge in [0.05, 0.1) is 23.9 Å². The Morgan fingerprint density at radius 2 is 2.15 bits per heavy atom. The van der Waals surface area contributed by atoms with Gasteiger partial charge in [-0.15, -0.1) is 0 Å². The Hall–Kier alpha value is -1.60. The maximum Gasteiger partial charge on any atom is 0.337 e. The summed E-state index contributed by atoms with van der Waals surface area (Å²) in [6.45, 7) is 2.32. The van der Waals surface area contributed by atoms with Crippen LogP contribution in [0.2, 0.25) is 0 Å². The largest absolute Gasteiger partial charge is 0.478 e. The van der Waals surface area contributed by atoms with Crippen LogP contribution in [0.1, 0.15) is 23.7 Å². The van der Waals surface area contributed by atoms with Crippen LogP contribution in [0.5, 0.6) is 0 Å². The highest BCUT2D eigenvalue weighted by molar-refractivity contribution is 9.10. The van der Waals surface area contributed by atoms with Gasteiger partial charge < -0.3 is 20.5 Å². The molecular formula is C13H17BrN2O4. The number of ether oxygens (including phenoxy) is 1. The molecule has 0 spiro atoms. The Morgan fingerprint density at radius 1 is 1.45 bits per heavy atom. The van der Waals surface area contributed by atoms with Crippen LogP contribution in [-0.4, -0.2) is 36.9 Å². The molecule has 1 aromatic rings. The average molecular weight is 345 g/mol. The van der Waals surface area contributed by atoms with Gasteiger partial charge in [-0.3, -0.25) is 0 Å². The predicted molar refractivity (Wildman–Crippen MR) is 79.2 cm³/mol. The third-order valence-corrected chi connectivity index (χ3v) is 3.15. The molecule has 1 rings (SSSR count). The molecule has 1 unspecified atom stereocenters. The van der Waals surface area contributed by atoms with Gasteiger partial charge in [0, 0.05) is 11.6 Å². The van der Waals surface area contributed by atoms with Gasteiger partial charge >= 0.3 is 12.0 Å². The van der Waals surface area contributed by atoms with Gasteiger partial charge in [-0.2, -0.15) is 0 Å². The number of amides is 2. The SMILES string of the molecule is CCC(COC)NC(=O)Nc1ccc(Br)cc1C(=O)O. The lowest BCUT2D eigenvalue weighted by Crippen LogP contribution is -2.40. The predicted octanol–water partition coefficient (Wildman–Crippen LogP) is 2.69. The lowest BCUT2D eigenvalue weighted by molar-refractivity contribution is 0.0698. The molecule has 6 nitrogen and oxygen atoms in total. The van der Waals surface area contributed by atoms with Crippen LogP contribution >= 0.6 is 15.9 Å². The number of carboxylic acid groups (broad SMARTS) is 1. The molecule has 110 valence electrons. The zero-order valence-electron chi connectivity index (χ0n) is 11.3. The number of carbonyl (C=O) groups excluding carboxylic acids is 1. The highest BCUT2D eigenvalue weighted by Crippen LogP contribution is 2.21. The van der Waals surface area contributed by atoms with E-state index in [1.807, 2.05) is 6.92 Å². The van der Waals surface area contributed by atoms with Gasteiger partial charge in [-0.05, 0) is 24.6 Å². The summed E-state index contributed by atoms with van der Waals surface area (Å²) in [6.07, 6.45) is 0.716. The van der Waals surface area contributed by atoms with Gasteiger partial charge in [-0.25, -0.2) is 9.59 Å². The van der Waals surface area contributed by atoms with Crippen LogP contribution < -0.4 is 10.6 Å². The van der Waals surface area contributed by atoms with Crippen molar-refractivity contribution in [1.29, 1.82) is 0 Å². The maximum absolute atomic E-state index is 11.8. The van der Waals surface area contributed by atoms with Gasteiger partial charge in [0.25, 0.3) is 0 Å². The zero-order valence-corrected chi connectivity index (χ0v) is 12.9. The Labute approximate surface area is 125 Å². The lowest BCUT2D eigenvalue weighted by atomic mass is 10.2. The molecule has 0 aliphatic rings. The van der Waals surface area contributed by atoms with E-state index in [1.165, 1.54) is 12.1 Å². The van der Waals surface area contributed by atoms with Gasteiger partial charge in [0.1, 0.15) is 0 Å². The second kappa shape index (κ2) is 7.86. The minimum atomic E-state index is -1.11. The van der Waals surface area contributed by atoms with Crippen molar-refractivity contribution in [3.05, 3.63) is 28.2 Å². The summed E-state index contributed by atoms with van der Waals surface area (Å²) >= 11 is 3.19. The number of benzene rings is 1. The molecule has 0 saturated heterocycles. The number of halogens is 1. The molecular weight excluding hydrogens is 328 g/mol. The molecule has 0 radical (unpaired) electrons. The first-order valence-corrected chi connectivity index (χ1v) is 6.86. The molecule has 0 saturated carbocycles. The molecule has 0 bridgehead atoms. The van der Waals surface area contributed by atoms with Crippen molar-refractivity contribution in [1.82, 2.24) is 5.32 Å². The standard InChI is InChI=1S/C13H17BrN2O4/c1-3-9(7-20-2)15-13(19)16-11-5-4-8(14)6-10(11)12(17)18/h4-6,9H,3,7H2,1-2H3,(H,17,18)(H2,15,16,19). The Bertz CT molecular complexity index is 493. The van der Waals surface area contributed by atoms with Gasteiger partial charge in [0.15, 0.2) is 0 Å². The van der Waals surface area contributed by atoms with Crippen LogP contribution in [0.25, 0.3) is 0 Å². The summed E-state index contributed by atoms with van der Waals surface area (Å²) in [5, 5.41) is 14.4. The molecule has 20 heavy (non-hydrogen) atoms. The van der Waals surface area contributed by atoms with Crippen LogP contribution in [0.15, 0.2) is 22.7 Å². The van der Waals surface area contributed by atoms with Crippen LogP contribution in [0, 0.1) is 0 Å². The monoisotopic (exact) mass is 344 g/mol. The van der Waals surface area contributed by atoms with Crippen molar-refractivity contribution in [2.45, 2.75) is 19.4 Å². The number of urea groups is 1. The van der Waals surface area contributed by atoms with E-state index < -0.39 is 12.0 Å². The first kappa shape index (κ1) is 16.5. The maximum atomic E-state index is 11.8. The minimum absolute atomic E-state index is 0.0225. The quantitative estimate of drug-likeness (QED) is 0.740. The Morgan fingerprint density at radius 3 is 2.70 bits per heavy atom. The first-order chi connectivity index (χ1) is 9.47. The molecule has 1 atom stereocenters. The molecule has 0 aliphatic heterocycles. The third-order valence-electron chi connectivity index (χ3n) is 2.66. The molecule has 3 N–H and O–H groups in total. The summed E-state index contributed by atoms with van der Waals surface area (Å²) in [4.78, 5) is 23.0. The lowest BCUT2D eigenvalue weighted by Gasteiger charge is -2.17. The van der Waals surface area contributed by atoms with Crippen molar-refractivity contribution < 1.29 is 19.4 Å². The van der Waals surface area contributed by atoms with E-state index in [0.29, 0.717) is 17.5 Å². The number of nitrogens with one attached hydrogen (secondary N) is 2. The van der Waals surface area contributed by atoms with E-state index in [9.17, 15) is 9.59 Å². The first-order valence-electron chi connectivity index (χ1n) is 6.07. The van der Waals surface area contributed by atoms with E-state index in [0.717, 1.165) is 0 Å². The number of anilines is 1. The summed E-state index contributed by atoms with van der Waals surface area (Å²) in [5.74, 6) is -1.11. The van der Waals surface area contributed by atoms with E-state index in [2.05, 4.69) is 26.6 Å². The Balaban J connectivity index is 2.77. The fraction of sp³-hybridized carbons (Fsp3) is 0.385. The Kier molecular flexibility index (Phi) is 6.47. The highest BCUT2D eigenvalue weighted by atomic mass is 79.9. The molecule has 0 fully saturated rings. The number of hydrogen-bond donors (Lipinski definition) is 3. The van der Waals surface area contributed by atoms with Crippen LogP contribution in [0.4, 0.5) is 10.5 Å². The van der Waals surface area contributed by atoms with E-state index in [1.54, 1.807) is 13.2 Å². The molecule has 0 aromatic heterocycles. The molecule has 0 aliphatic carbocycles. The topological polar surface area (TPSA) is 87.7 Å². The van der Waals surface area contributed by atoms with Crippen molar-refractivity contribution in [2.75, 3.05) is 19.0 Å². The molecule has 2 amide bonds. The second-order valence-corrected chi connectivity index (χ2v) is 5.07. The third kappa shape index (κ3) is 4.82. The number of carboxylic acids is 1. The van der Waals surface area contributed by atoms with E-state index in [-0.39, 0.29) is 17.3 Å². The number of hydrogen-bond acceptors (Lipinski definition) is 3. The van der Waals surface area contributed by atoms with E-state index in [4.69, 9.17) is 9.84 Å². The average Bonchev–Trinajstić information content (AvgIpc) is 2.40. The van der Waals surface area contributed by atoms with Crippen molar-refractivity contribution >= 4 is 33.6 Å². The fourth-order valence-corrected chi connectivity index (χ4v) is 1.97. The highest BCUT2D eigenvalue weighted by Gasteiger charge is 2.15. The van der Waals surface area contributed by atoms with E-state index >= 15 is 0 Å².